The lowest BCUT2D eigenvalue weighted by Gasteiger charge is -2.36. The zero-order valence-corrected chi connectivity index (χ0v) is 19.9. The summed E-state index contributed by atoms with van der Waals surface area (Å²) in [6.45, 7) is 10.3. The van der Waals surface area contributed by atoms with Crippen LogP contribution >= 0.6 is 0 Å². The van der Waals surface area contributed by atoms with Gasteiger partial charge in [-0.15, -0.1) is 0 Å². The molecule has 6 heteroatoms. The molecule has 2 aromatic rings. The predicted octanol–water partition coefficient (Wildman–Crippen LogP) is 3.38. The molecule has 6 nitrogen and oxygen atoms in total. The van der Waals surface area contributed by atoms with Crippen LogP contribution in [0.25, 0.3) is 0 Å². The van der Waals surface area contributed by atoms with E-state index < -0.39 is 0 Å². The average molecular weight is 451 g/mol. The molecule has 1 unspecified atom stereocenters. The minimum absolute atomic E-state index is 0.0628. The van der Waals surface area contributed by atoms with Gasteiger partial charge in [0.1, 0.15) is 11.9 Å². The molecule has 1 N–H and O–H groups in total. The summed E-state index contributed by atoms with van der Waals surface area (Å²) in [5.74, 6) is 0.945. The molecule has 0 aliphatic carbocycles. The van der Waals surface area contributed by atoms with Gasteiger partial charge >= 0.3 is 0 Å². The number of para-hydroxylation sites is 1. The number of rotatable bonds is 9. The van der Waals surface area contributed by atoms with E-state index in [9.17, 15) is 4.79 Å². The van der Waals surface area contributed by atoms with Gasteiger partial charge in [0.2, 0.25) is 5.91 Å². The van der Waals surface area contributed by atoms with Crippen LogP contribution in [-0.4, -0.2) is 74.2 Å². The van der Waals surface area contributed by atoms with Gasteiger partial charge in [-0.05, 0) is 62.7 Å². The number of ether oxygens (including phenoxy) is 1. The summed E-state index contributed by atoms with van der Waals surface area (Å²) in [5.41, 5.74) is 2.62. The van der Waals surface area contributed by atoms with Gasteiger partial charge < -0.3 is 15.0 Å². The molecule has 2 heterocycles. The number of hydrogen-bond acceptors (Lipinski definition) is 5. The minimum atomic E-state index is -0.0628. The lowest BCUT2D eigenvalue weighted by molar-refractivity contribution is -0.122. The number of likely N-dealkylation sites (tertiary alicyclic amines) is 1. The Labute approximate surface area is 198 Å². The van der Waals surface area contributed by atoms with E-state index in [0.717, 1.165) is 51.6 Å². The van der Waals surface area contributed by atoms with E-state index in [0.29, 0.717) is 13.1 Å². The van der Waals surface area contributed by atoms with Crippen LogP contribution in [0, 0.1) is 0 Å². The number of piperazine rings is 1. The van der Waals surface area contributed by atoms with Crippen molar-refractivity contribution in [1.82, 2.24) is 15.1 Å². The highest BCUT2D eigenvalue weighted by atomic mass is 16.5. The summed E-state index contributed by atoms with van der Waals surface area (Å²) in [5, 5.41) is 3.01. The quantitative estimate of drug-likeness (QED) is 0.635. The Hall–Kier alpha value is -2.57. The number of benzene rings is 2. The standard InChI is InChI=1S/C27H38N4O2/c1-23(20-28-27(32)22-29-14-6-3-7-15-29)33-26-12-10-24(11-13-26)21-30-16-18-31(19-17-30)25-8-4-2-5-9-25/h2,4-5,8-13,23H,3,6-7,14-22H2,1H3,(H,28,32). The van der Waals surface area contributed by atoms with Crippen molar-refractivity contribution < 1.29 is 9.53 Å². The van der Waals surface area contributed by atoms with Crippen LogP contribution in [0.4, 0.5) is 5.69 Å². The zero-order chi connectivity index (χ0) is 22.9. The van der Waals surface area contributed by atoms with Crippen molar-refractivity contribution in [1.29, 1.82) is 0 Å². The molecule has 2 saturated heterocycles. The van der Waals surface area contributed by atoms with Crippen LogP contribution in [-0.2, 0) is 11.3 Å². The predicted molar refractivity (Wildman–Crippen MR) is 134 cm³/mol. The largest absolute Gasteiger partial charge is 0.489 e. The maximum Gasteiger partial charge on any atom is 0.234 e. The van der Waals surface area contributed by atoms with Crippen molar-refractivity contribution in [3.63, 3.8) is 0 Å². The number of nitrogens with one attached hydrogen (secondary N) is 1. The highest BCUT2D eigenvalue weighted by molar-refractivity contribution is 5.78. The first-order valence-corrected chi connectivity index (χ1v) is 12.4. The summed E-state index contributed by atoms with van der Waals surface area (Å²) in [7, 11) is 0. The summed E-state index contributed by atoms with van der Waals surface area (Å²) in [6, 6.07) is 19.1. The molecule has 0 radical (unpaired) electrons. The number of hydrogen-bond donors (Lipinski definition) is 1. The van der Waals surface area contributed by atoms with E-state index in [1.807, 2.05) is 19.1 Å². The van der Waals surface area contributed by atoms with Gasteiger partial charge in [-0.25, -0.2) is 0 Å². The van der Waals surface area contributed by atoms with Gasteiger partial charge in [-0.1, -0.05) is 36.8 Å². The second kappa shape index (κ2) is 12.1. The number of amides is 1. The van der Waals surface area contributed by atoms with Gasteiger partial charge in [0.15, 0.2) is 0 Å². The Kier molecular flexibility index (Phi) is 8.61. The summed E-state index contributed by atoms with van der Waals surface area (Å²) >= 11 is 0. The van der Waals surface area contributed by atoms with Crippen molar-refractivity contribution >= 4 is 11.6 Å². The molecule has 2 fully saturated rings. The fourth-order valence-electron chi connectivity index (χ4n) is 4.64. The highest BCUT2D eigenvalue weighted by Gasteiger charge is 2.17. The number of piperidine rings is 1. The van der Waals surface area contributed by atoms with Crippen LogP contribution in [0.15, 0.2) is 54.6 Å². The van der Waals surface area contributed by atoms with E-state index in [2.05, 4.69) is 62.5 Å². The summed E-state index contributed by atoms with van der Waals surface area (Å²) < 4.78 is 6.01. The second-order valence-electron chi connectivity index (χ2n) is 9.31. The molecular weight excluding hydrogens is 412 g/mol. The zero-order valence-electron chi connectivity index (χ0n) is 19.9. The van der Waals surface area contributed by atoms with Crippen LogP contribution in [0.3, 0.4) is 0 Å². The first-order valence-electron chi connectivity index (χ1n) is 12.4. The van der Waals surface area contributed by atoms with Gasteiger partial charge in [0, 0.05) is 38.4 Å². The summed E-state index contributed by atoms with van der Waals surface area (Å²) in [6.07, 6.45) is 3.62. The van der Waals surface area contributed by atoms with Crippen molar-refractivity contribution in [3.05, 3.63) is 60.2 Å². The molecule has 4 rings (SSSR count). The third-order valence-corrected chi connectivity index (χ3v) is 6.56. The number of carbonyl (C=O) groups excluding carboxylic acids is 1. The third-order valence-electron chi connectivity index (χ3n) is 6.56. The molecule has 2 aliphatic heterocycles. The van der Waals surface area contributed by atoms with E-state index in [1.165, 1.54) is 30.5 Å². The van der Waals surface area contributed by atoms with Gasteiger partial charge in [0.05, 0.1) is 13.1 Å². The number of anilines is 1. The smallest absolute Gasteiger partial charge is 0.234 e. The molecule has 0 aromatic heterocycles. The topological polar surface area (TPSA) is 48.1 Å². The normalized spacial score (nSPS) is 18.6. The first kappa shape index (κ1) is 23.6. The Morgan fingerprint density at radius 2 is 1.58 bits per heavy atom. The number of carbonyl (C=O) groups is 1. The second-order valence-corrected chi connectivity index (χ2v) is 9.31. The molecular formula is C27H38N4O2. The van der Waals surface area contributed by atoms with Crippen molar-refractivity contribution in [3.8, 4) is 5.75 Å². The lowest BCUT2D eigenvalue weighted by Crippen LogP contribution is -2.45. The monoisotopic (exact) mass is 450 g/mol. The van der Waals surface area contributed by atoms with E-state index in [-0.39, 0.29) is 12.0 Å². The summed E-state index contributed by atoms with van der Waals surface area (Å²) in [4.78, 5) is 19.4. The van der Waals surface area contributed by atoms with Crippen molar-refractivity contribution in [2.75, 3.05) is 57.3 Å². The van der Waals surface area contributed by atoms with Gasteiger partial charge in [-0.2, -0.15) is 0 Å². The van der Waals surface area contributed by atoms with E-state index in [1.54, 1.807) is 0 Å². The van der Waals surface area contributed by atoms with E-state index >= 15 is 0 Å². The lowest BCUT2D eigenvalue weighted by atomic mass is 10.1. The molecule has 1 amide bonds. The van der Waals surface area contributed by atoms with Crippen LogP contribution in [0.2, 0.25) is 0 Å². The fourth-order valence-corrected chi connectivity index (χ4v) is 4.64. The Bertz CT molecular complexity index is 844. The fraction of sp³-hybridized carbons (Fsp3) is 0.519. The average Bonchev–Trinajstić information content (AvgIpc) is 2.86. The molecule has 2 aromatic carbocycles. The van der Waals surface area contributed by atoms with Gasteiger partial charge in [0.25, 0.3) is 0 Å². The molecule has 33 heavy (non-hydrogen) atoms. The highest BCUT2D eigenvalue weighted by Crippen LogP contribution is 2.18. The van der Waals surface area contributed by atoms with Crippen LogP contribution in [0.5, 0.6) is 5.75 Å². The van der Waals surface area contributed by atoms with Crippen LogP contribution in [0.1, 0.15) is 31.7 Å². The minimum Gasteiger partial charge on any atom is -0.489 e. The van der Waals surface area contributed by atoms with Gasteiger partial charge in [-0.3, -0.25) is 14.6 Å². The molecule has 1 atom stereocenters. The first-order chi connectivity index (χ1) is 16.2. The third kappa shape index (κ3) is 7.47. The molecule has 178 valence electrons. The van der Waals surface area contributed by atoms with E-state index in [4.69, 9.17) is 4.74 Å². The Morgan fingerprint density at radius 1 is 0.879 bits per heavy atom. The SMILES string of the molecule is CC(CNC(=O)CN1CCCCC1)Oc1ccc(CN2CCN(c3ccccc3)CC2)cc1. The maximum absolute atomic E-state index is 12.2. The number of nitrogens with zero attached hydrogens (tertiary/aromatic N) is 3. The maximum atomic E-state index is 12.2. The molecule has 0 saturated carbocycles. The molecule has 0 bridgehead atoms. The van der Waals surface area contributed by atoms with Crippen molar-refractivity contribution in [2.24, 2.45) is 0 Å². The molecule has 2 aliphatic rings. The Balaban J connectivity index is 1.15. The van der Waals surface area contributed by atoms with Crippen molar-refractivity contribution in [2.45, 2.75) is 38.8 Å². The molecule has 0 spiro atoms. The van der Waals surface area contributed by atoms with Crippen LogP contribution < -0.4 is 15.0 Å². The Morgan fingerprint density at radius 3 is 2.27 bits per heavy atom.